The minimum absolute atomic E-state index is 0.0408. The number of phosphoric acid groups is 1. The Labute approximate surface area is 337 Å². The molecule has 0 aliphatic heterocycles. The highest BCUT2D eigenvalue weighted by atomic mass is 31.2. The number of carbonyl (C=O) groups excluding carboxylic acids is 1. The van der Waals surface area contributed by atoms with E-state index in [1.807, 2.05) is 0 Å². The van der Waals surface area contributed by atoms with Gasteiger partial charge in [-0.3, -0.25) is 13.8 Å². The number of hydrogen-bond acceptors (Lipinski definition) is 8. The third-order valence-electron chi connectivity index (χ3n) is 9.22. The summed E-state index contributed by atoms with van der Waals surface area (Å²) >= 11 is 0. The highest BCUT2D eigenvalue weighted by Gasteiger charge is 2.26. The zero-order valence-electron chi connectivity index (χ0n) is 35.1. The molecule has 0 heterocycles. The van der Waals surface area contributed by atoms with E-state index in [0.29, 0.717) is 6.61 Å². The lowest BCUT2D eigenvalue weighted by molar-refractivity contribution is -0.154. The summed E-state index contributed by atoms with van der Waals surface area (Å²) in [6, 6.07) is 0. The van der Waals surface area contributed by atoms with E-state index in [2.05, 4.69) is 62.5 Å². The van der Waals surface area contributed by atoms with Gasteiger partial charge < -0.3 is 24.6 Å². The van der Waals surface area contributed by atoms with Crippen LogP contribution in [0.5, 0.6) is 0 Å². The first-order chi connectivity index (χ1) is 26.8. The molecule has 3 unspecified atom stereocenters. The van der Waals surface area contributed by atoms with E-state index in [1.54, 1.807) is 0 Å². The lowest BCUT2D eigenvalue weighted by Gasteiger charge is -2.20. The Balaban J connectivity index is 4.11. The van der Waals surface area contributed by atoms with Crippen molar-refractivity contribution in [3.05, 3.63) is 48.6 Å². The third-order valence-corrected chi connectivity index (χ3v) is 10.2. The molecule has 55 heavy (non-hydrogen) atoms. The summed E-state index contributed by atoms with van der Waals surface area (Å²) in [5, 5.41) is 18.3. The number of unbranched alkanes of at least 4 members (excludes halogenated alkanes) is 20. The van der Waals surface area contributed by atoms with Gasteiger partial charge in [-0.05, 0) is 70.6 Å². The minimum atomic E-state index is -4.52. The molecule has 0 aromatic heterocycles. The summed E-state index contributed by atoms with van der Waals surface area (Å²) in [7, 11) is -4.52. The van der Waals surface area contributed by atoms with Gasteiger partial charge in [0.1, 0.15) is 12.2 Å². The van der Waals surface area contributed by atoms with Crippen molar-refractivity contribution >= 4 is 13.8 Å². The average Bonchev–Trinajstić information content (AvgIpc) is 3.18. The maximum atomic E-state index is 12.6. The molecule has 0 rings (SSSR count). The van der Waals surface area contributed by atoms with Gasteiger partial charge in [-0.15, -0.1) is 0 Å². The number of hydrogen-bond donors (Lipinski definition) is 3. The molecule has 0 spiro atoms. The van der Waals surface area contributed by atoms with Crippen molar-refractivity contribution in [3.8, 4) is 0 Å². The van der Waals surface area contributed by atoms with Crippen LogP contribution >= 0.6 is 7.82 Å². The van der Waals surface area contributed by atoms with Crippen molar-refractivity contribution < 1.29 is 43.0 Å². The van der Waals surface area contributed by atoms with Crippen molar-refractivity contribution in [2.45, 2.75) is 199 Å². The molecule has 0 bridgehead atoms. The summed E-state index contributed by atoms with van der Waals surface area (Å²) in [5.74, 6) is -0.394. The average molecular weight is 799 g/mol. The van der Waals surface area contributed by atoms with Crippen molar-refractivity contribution in [1.82, 2.24) is 0 Å². The predicted molar refractivity (Wildman–Crippen MR) is 228 cm³/mol. The number of carbonyl (C=O) groups is 1. The van der Waals surface area contributed by atoms with E-state index in [9.17, 15) is 19.4 Å². The predicted octanol–water partition coefficient (Wildman–Crippen LogP) is 12.2. The molecule has 322 valence electrons. The second-order valence-electron chi connectivity index (χ2n) is 14.7. The summed E-state index contributed by atoms with van der Waals surface area (Å²) in [4.78, 5) is 22.6. The van der Waals surface area contributed by atoms with Gasteiger partial charge in [-0.1, -0.05) is 159 Å². The van der Waals surface area contributed by atoms with E-state index >= 15 is 0 Å². The second-order valence-corrected chi connectivity index (χ2v) is 16.2. The maximum absolute atomic E-state index is 12.6. The van der Waals surface area contributed by atoms with Crippen LogP contribution in [-0.2, 0) is 27.9 Å². The van der Waals surface area contributed by atoms with Crippen LogP contribution in [0, 0.1) is 0 Å². The monoisotopic (exact) mass is 799 g/mol. The number of aliphatic hydroxyl groups excluding tert-OH is 2. The van der Waals surface area contributed by atoms with Crippen LogP contribution in [0.2, 0.25) is 0 Å². The van der Waals surface area contributed by atoms with Gasteiger partial charge in [0.15, 0.2) is 0 Å². The summed E-state index contributed by atoms with van der Waals surface area (Å²) in [6.07, 6.45) is 46.4. The molecule has 0 radical (unpaired) electrons. The SMILES string of the molecule is CCC/C=C\CCCCCCCCOCC(COP(=O)(O)OCC(O)CO)OC(=O)CCCCCCCCCC/C=C\C/C=C\C/C=C\CCCCCCC. The van der Waals surface area contributed by atoms with E-state index < -0.39 is 39.2 Å². The van der Waals surface area contributed by atoms with Crippen molar-refractivity contribution in [1.29, 1.82) is 0 Å². The Hall–Kier alpha value is -1.58. The molecule has 0 saturated carbocycles. The number of allylic oxidation sites excluding steroid dienone is 8. The van der Waals surface area contributed by atoms with Crippen LogP contribution < -0.4 is 0 Å². The quantitative estimate of drug-likeness (QED) is 0.0239. The van der Waals surface area contributed by atoms with Gasteiger partial charge in [0.2, 0.25) is 0 Å². The molecule has 0 aromatic carbocycles. The van der Waals surface area contributed by atoms with Gasteiger partial charge in [0.05, 0.1) is 26.4 Å². The molecule has 3 atom stereocenters. The van der Waals surface area contributed by atoms with Gasteiger partial charge >= 0.3 is 13.8 Å². The first-order valence-corrected chi connectivity index (χ1v) is 23.6. The largest absolute Gasteiger partial charge is 0.472 e. The Morgan fingerprint density at radius 2 is 1.02 bits per heavy atom. The smallest absolute Gasteiger partial charge is 0.457 e. The highest BCUT2D eigenvalue weighted by molar-refractivity contribution is 7.47. The van der Waals surface area contributed by atoms with Crippen LogP contribution in [0.3, 0.4) is 0 Å². The standard InChI is InChI=1S/C45H83O9P/c1-3-5-7-9-11-13-15-16-17-18-19-20-21-22-23-24-25-26-27-29-31-33-35-37-45(48)54-44(42-53-55(49,50)52-40-43(47)39-46)41-51-38-36-34-32-30-28-14-12-10-8-6-4-2/h8,10,15-16,18-19,21-22,43-44,46-47H,3-7,9,11-14,17,20,23-42H2,1-2H3,(H,49,50)/b10-8-,16-15-,19-18-,22-21-. The molecule has 0 aliphatic rings. The van der Waals surface area contributed by atoms with Crippen molar-refractivity contribution in [3.63, 3.8) is 0 Å². The van der Waals surface area contributed by atoms with Gasteiger partial charge in [-0.2, -0.15) is 0 Å². The molecule has 0 amide bonds. The summed E-state index contributed by atoms with van der Waals surface area (Å²) in [5.41, 5.74) is 0. The number of rotatable bonds is 42. The number of esters is 1. The van der Waals surface area contributed by atoms with E-state index in [4.69, 9.17) is 23.6 Å². The van der Waals surface area contributed by atoms with E-state index in [1.165, 1.54) is 89.9 Å². The van der Waals surface area contributed by atoms with E-state index in [-0.39, 0.29) is 19.6 Å². The van der Waals surface area contributed by atoms with Gasteiger partial charge in [0.25, 0.3) is 0 Å². The lowest BCUT2D eigenvalue weighted by Crippen LogP contribution is -2.29. The zero-order valence-corrected chi connectivity index (χ0v) is 36.0. The zero-order chi connectivity index (χ0) is 40.3. The maximum Gasteiger partial charge on any atom is 0.472 e. The van der Waals surface area contributed by atoms with Gasteiger partial charge in [0, 0.05) is 13.0 Å². The summed E-state index contributed by atoms with van der Waals surface area (Å²) < 4.78 is 33.3. The Morgan fingerprint density at radius 1 is 0.564 bits per heavy atom. The van der Waals surface area contributed by atoms with Crippen LogP contribution in [-0.4, -0.2) is 66.3 Å². The highest BCUT2D eigenvalue weighted by Crippen LogP contribution is 2.43. The molecule has 0 saturated heterocycles. The lowest BCUT2D eigenvalue weighted by atomic mass is 10.1. The molecular formula is C45H83O9P. The fourth-order valence-electron chi connectivity index (χ4n) is 5.83. The van der Waals surface area contributed by atoms with Crippen molar-refractivity contribution in [2.75, 3.05) is 33.0 Å². The van der Waals surface area contributed by atoms with Crippen molar-refractivity contribution in [2.24, 2.45) is 0 Å². The Morgan fingerprint density at radius 3 is 1.56 bits per heavy atom. The molecule has 0 aliphatic carbocycles. The Bertz CT molecular complexity index is 997. The molecule has 3 N–H and O–H groups in total. The normalized spacial score (nSPS) is 14.5. The van der Waals surface area contributed by atoms with Crippen LogP contribution in [0.25, 0.3) is 0 Å². The summed E-state index contributed by atoms with van der Waals surface area (Å²) in [6.45, 7) is 3.43. The topological polar surface area (TPSA) is 132 Å². The van der Waals surface area contributed by atoms with Crippen LogP contribution in [0.1, 0.15) is 187 Å². The number of aliphatic hydroxyl groups is 2. The fourth-order valence-corrected chi connectivity index (χ4v) is 6.62. The van der Waals surface area contributed by atoms with Gasteiger partial charge in [-0.25, -0.2) is 4.57 Å². The van der Waals surface area contributed by atoms with Crippen LogP contribution in [0.15, 0.2) is 48.6 Å². The minimum Gasteiger partial charge on any atom is -0.457 e. The molecule has 9 nitrogen and oxygen atoms in total. The second kappa shape index (κ2) is 42.0. The number of phosphoric ester groups is 1. The molecule has 0 aromatic rings. The number of ether oxygens (including phenoxy) is 2. The molecular weight excluding hydrogens is 715 g/mol. The Kier molecular flexibility index (Phi) is 40.8. The van der Waals surface area contributed by atoms with E-state index in [0.717, 1.165) is 77.0 Å². The first kappa shape index (κ1) is 53.4. The third kappa shape index (κ3) is 41.9. The fraction of sp³-hybridized carbons (Fsp3) is 0.800. The molecule has 0 fully saturated rings. The molecule has 10 heteroatoms. The first-order valence-electron chi connectivity index (χ1n) is 22.1. The van der Waals surface area contributed by atoms with Crippen LogP contribution in [0.4, 0.5) is 0 Å².